The Morgan fingerprint density at radius 2 is 0.430 bits per heavy atom. The number of aromatic nitrogens is 4. The first-order valence-corrected chi connectivity index (χ1v) is 40.6. The molecule has 0 aliphatic rings. The van der Waals surface area contributed by atoms with Gasteiger partial charge in [-0.1, -0.05) is 273 Å². The minimum Gasteiger partial charge on any atom is -0.309 e. The number of nitrogens with zero attached hydrogens (tertiary/aromatic N) is 4. The number of rotatable bonds is 10. The Hall–Kier alpha value is -14.4. The van der Waals surface area contributed by atoms with Crippen molar-refractivity contribution < 1.29 is 0 Å². The number of para-hydroxylation sites is 5. The summed E-state index contributed by atoms with van der Waals surface area (Å²) in [6.45, 7) is 0. The summed E-state index contributed by atoms with van der Waals surface area (Å²) in [5.41, 5.74) is 29.0. The summed E-state index contributed by atoms with van der Waals surface area (Å²) in [6.07, 6.45) is 0. The van der Waals surface area contributed by atoms with Crippen LogP contribution in [-0.4, -0.2) is 18.3 Å². The quantitative estimate of drug-likeness (QED) is 0.130. The molecule has 0 fully saturated rings. The zero-order valence-electron chi connectivity index (χ0n) is 61.9. The van der Waals surface area contributed by atoms with Crippen LogP contribution in [0.3, 0.4) is 0 Å². The second-order valence-electron chi connectivity index (χ2n) is 29.8. The number of hydrogen-bond acceptors (Lipinski definition) is 2. The molecule has 0 amide bonds. The Labute approximate surface area is 665 Å². The first-order chi connectivity index (χ1) is 56.5. The van der Waals surface area contributed by atoms with Crippen LogP contribution in [0.2, 0.25) is 0 Å². The Morgan fingerprint density at radius 1 is 0.149 bits per heavy atom. The van der Waals surface area contributed by atoms with E-state index in [1.165, 1.54) is 200 Å². The molecule has 0 unspecified atom stereocenters. The molecule has 114 heavy (non-hydrogen) atoms. The predicted molar refractivity (Wildman–Crippen MR) is 489 cm³/mol. The van der Waals surface area contributed by atoms with Crippen LogP contribution in [0.15, 0.2) is 413 Å². The van der Waals surface area contributed by atoms with Crippen molar-refractivity contribution in [2.75, 3.05) is 0 Å². The van der Waals surface area contributed by atoms with Gasteiger partial charge in [-0.05, 0) is 201 Å². The summed E-state index contributed by atoms with van der Waals surface area (Å²) >= 11 is 3.74. The fourth-order valence-corrected chi connectivity index (χ4v) is 20.6. The third-order valence-corrected chi connectivity index (χ3v) is 25.7. The standard InChI is InChI=1S/2C54H34N2S/c1-2-14-35(15-3-1)36-16-12-17-39(32-36)55-47-23-8-5-19-41(47)45-33-37(28-30-50(45)55)38-29-31-51-46(34-38)42-20-6-10-25-49(42)56(51)48-24-9-4-18-40(48)43-22-13-27-53-54(43)44-21-7-11-26-52(44)57-53;1-2-13-35(14-3-1)36-15-10-17-40(31-36)55-48-23-7-4-19-43(48)46-33-37(27-29-50(46)55)38-28-30-51-47(34-38)44-20-5-8-24-49(44)56(51)41-18-11-16-39(32-41)42-22-12-26-53-54(42)45-21-6-9-25-52(45)57-53/h2*1-34H. The topological polar surface area (TPSA) is 19.7 Å². The highest BCUT2D eigenvalue weighted by atomic mass is 32.1. The second kappa shape index (κ2) is 26.7. The summed E-state index contributed by atoms with van der Waals surface area (Å²) in [7, 11) is 0. The third-order valence-electron chi connectivity index (χ3n) is 23.4. The van der Waals surface area contributed by atoms with E-state index in [1.807, 2.05) is 22.7 Å². The summed E-state index contributed by atoms with van der Waals surface area (Å²) in [4.78, 5) is 0. The molecule has 0 spiro atoms. The molecule has 0 bridgehead atoms. The lowest BCUT2D eigenvalue weighted by atomic mass is 9.97. The molecule has 6 heteroatoms. The Kier molecular flexibility index (Phi) is 15.3. The third kappa shape index (κ3) is 10.6. The minimum absolute atomic E-state index is 1.16. The summed E-state index contributed by atoms with van der Waals surface area (Å²) in [5, 5.41) is 15.3. The van der Waals surface area contributed by atoms with Crippen molar-refractivity contribution in [3.8, 4) is 89.5 Å². The smallest absolute Gasteiger partial charge is 0.0541 e. The fourth-order valence-electron chi connectivity index (χ4n) is 18.3. The van der Waals surface area contributed by atoms with Crippen LogP contribution >= 0.6 is 22.7 Å². The molecule has 0 aliphatic heterocycles. The largest absolute Gasteiger partial charge is 0.309 e. The number of benzene rings is 18. The van der Waals surface area contributed by atoms with E-state index < -0.39 is 0 Å². The zero-order chi connectivity index (χ0) is 74.9. The van der Waals surface area contributed by atoms with Crippen LogP contribution in [0.25, 0.3) is 217 Å². The summed E-state index contributed by atoms with van der Waals surface area (Å²) < 4.78 is 15.0. The summed E-state index contributed by atoms with van der Waals surface area (Å²) in [6, 6.07) is 151. The van der Waals surface area contributed by atoms with Crippen LogP contribution in [0, 0.1) is 0 Å². The first kappa shape index (κ1) is 65.5. The van der Waals surface area contributed by atoms with Gasteiger partial charge < -0.3 is 18.3 Å². The molecule has 0 atom stereocenters. The van der Waals surface area contributed by atoms with Gasteiger partial charge in [0, 0.05) is 106 Å². The normalized spacial score (nSPS) is 11.9. The van der Waals surface area contributed by atoms with Crippen molar-refractivity contribution in [2.24, 2.45) is 0 Å². The average Bonchev–Trinajstić information content (AvgIpc) is 1.59. The van der Waals surface area contributed by atoms with Crippen molar-refractivity contribution in [1.82, 2.24) is 18.3 Å². The molecular formula is C108H68N4S2. The SMILES string of the molecule is c1ccc(-c2cccc(-n3c4ccccc4c4cc(-c5ccc6c(c5)c5ccccc5n6-c5cccc(-c6cccc7sc8ccccc8c67)c5)ccc43)c2)cc1.c1ccc(-c2cccc(-n3c4ccccc4c4cc(-c5ccc6c(c5)c5ccccc5n6-c5ccccc5-c5cccc6sc7ccccc7c56)ccc43)c2)cc1. The Morgan fingerprint density at radius 3 is 0.868 bits per heavy atom. The molecule has 0 saturated carbocycles. The maximum Gasteiger partial charge on any atom is 0.0541 e. The van der Waals surface area contributed by atoms with Crippen molar-refractivity contribution in [1.29, 1.82) is 0 Å². The molecule has 6 aromatic heterocycles. The van der Waals surface area contributed by atoms with Crippen molar-refractivity contribution in [3.63, 3.8) is 0 Å². The van der Waals surface area contributed by atoms with Gasteiger partial charge in [-0.25, -0.2) is 0 Å². The Balaban J connectivity index is 0.000000135. The van der Waals surface area contributed by atoms with E-state index >= 15 is 0 Å². The highest BCUT2D eigenvalue weighted by Crippen LogP contribution is 2.47. The maximum atomic E-state index is 2.47. The van der Waals surface area contributed by atoms with Gasteiger partial charge in [0.15, 0.2) is 0 Å². The van der Waals surface area contributed by atoms with Gasteiger partial charge in [0.25, 0.3) is 0 Å². The lowest BCUT2D eigenvalue weighted by molar-refractivity contribution is 1.18. The zero-order valence-corrected chi connectivity index (χ0v) is 63.5. The minimum atomic E-state index is 1.16. The van der Waals surface area contributed by atoms with E-state index in [2.05, 4.69) is 431 Å². The maximum absolute atomic E-state index is 2.47. The first-order valence-electron chi connectivity index (χ1n) is 39.0. The van der Waals surface area contributed by atoms with Crippen LogP contribution in [-0.2, 0) is 0 Å². The number of thiophene rings is 2. The van der Waals surface area contributed by atoms with Crippen LogP contribution < -0.4 is 0 Å². The highest BCUT2D eigenvalue weighted by molar-refractivity contribution is 7.26. The molecule has 18 aromatic carbocycles. The molecule has 532 valence electrons. The van der Waals surface area contributed by atoms with E-state index in [9.17, 15) is 0 Å². The molecule has 6 heterocycles. The second-order valence-corrected chi connectivity index (χ2v) is 32.0. The lowest BCUT2D eigenvalue weighted by Crippen LogP contribution is -1.97. The highest BCUT2D eigenvalue weighted by Gasteiger charge is 2.23. The van der Waals surface area contributed by atoms with Gasteiger partial charge in [-0.15, -0.1) is 22.7 Å². The molecular weight excluding hydrogens is 1420 g/mol. The van der Waals surface area contributed by atoms with E-state index in [-0.39, 0.29) is 0 Å². The monoisotopic (exact) mass is 1480 g/mol. The molecule has 0 aliphatic carbocycles. The predicted octanol–water partition coefficient (Wildman–Crippen LogP) is 30.5. The van der Waals surface area contributed by atoms with E-state index in [0.717, 1.165) is 17.1 Å². The van der Waals surface area contributed by atoms with E-state index in [0.29, 0.717) is 0 Å². The van der Waals surface area contributed by atoms with Gasteiger partial charge in [-0.3, -0.25) is 0 Å². The number of fused-ring (bicyclic) bond motifs is 18. The van der Waals surface area contributed by atoms with Crippen molar-refractivity contribution >= 4 is 150 Å². The Bertz CT molecular complexity index is 8000. The van der Waals surface area contributed by atoms with Gasteiger partial charge in [0.1, 0.15) is 0 Å². The molecule has 4 nitrogen and oxygen atoms in total. The molecule has 0 saturated heterocycles. The van der Waals surface area contributed by atoms with Gasteiger partial charge in [-0.2, -0.15) is 0 Å². The van der Waals surface area contributed by atoms with Crippen LogP contribution in [0.4, 0.5) is 0 Å². The molecule has 0 N–H and O–H groups in total. The number of hydrogen-bond donors (Lipinski definition) is 0. The van der Waals surface area contributed by atoms with Crippen LogP contribution in [0.5, 0.6) is 0 Å². The van der Waals surface area contributed by atoms with Crippen molar-refractivity contribution in [2.45, 2.75) is 0 Å². The average molecular weight is 1490 g/mol. The van der Waals surface area contributed by atoms with E-state index in [1.54, 1.807) is 0 Å². The molecule has 24 aromatic rings. The van der Waals surface area contributed by atoms with E-state index in [4.69, 9.17) is 0 Å². The van der Waals surface area contributed by atoms with Gasteiger partial charge >= 0.3 is 0 Å². The fraction of sp³-hybridized carbons (Fsp3) is 0. The summed E-state index contributed by atoms with van der Waals surface area (Å²) in [5.74, 6) is 0. The van der Waals surface area contributed by atoms with Crippen molar-refractivity contribution in [3.05, 3.63) is 413 Å². The molecule has 24 rings (SSSR count). The van der Waals surface area contributed by atoms with Gasteiger partial charge in [0.05, 0.1) is 49.8 Å². The van der Waals surface area contributed by atoms with Gasteiger partial charge in [0.2, 0.25) is 0 Å². The van der Waals surface area contributed by atoms with Crippen LogP contribution in [0.1, 0.15) is 0 Å². The molecule has 0 radical (unpaired) electrons. The lowest BCUT2D eigenvalue weighted by Gasteiger charge is -2.15.